The molecule has 2 rings (SSSR count). The van der Waals surface area contributed by atoms with Crippen LogP contribution in [0.15, 0.2) is 18.2 Å². The molecule has 1 aliphatic heterocycles. The van der Waals surface area contributed by atoms with E-state index in [1.165, 1.54) is 0 Å². The lowest BCUT2D eigenvalue weighted by Crippen LogP contribution is -2.43. The lowest BCUT2D eigenvalue weighted by molar-refractivity contribution is 0.344. The summed E-state index contributed by atoms with van der Waals surface area (Å²) in [7, 11) is 3.91. The van der Waals surface area contributed by atoms with Crippen molar-refractivity contribution in [2.24, 2.45) is 0 Å². The van der Waals surface area contributed by atoms with Crippen molar-refractivity contribution in [3.63, 3.8) is 0 Å². The molecule has 1 aliphatic rings. The molecule has 0 aromatic heterocycles. The van der Waals surface area contributed by atoms with E-state index in [4.69, 9.17) is 23.2 Å². The molecule has 1 saturated heterocycles. The van der Waals surface area contributed by atoms with E-state index < -0.39 is 0 Å². The third-order valence-electron chi connectivity index (χ3n) is 2.64. The fourth-order valence-corrected chi connectivity index (χ4v) is 2.14. The van der Waals surface area contributed by atoms with Gasteiger partial charge in [-0.2, -0.15) is 0 Å². The molecule has 0 radical (unpaired) electrons. The molecule has 2 nitrogen and oxygen atoms in total. The van der Waals surface area contributed by atoms with Gasteiger partial charge in [-0.05, 0) is 25.2 Å². The lowest BCUT2D eigenvalue weighted by Gasteiger charge is -2.38. The summed E-state index contributed by atoms with van der Waals surface area (Å²) in [5.41, 5.74) is 1.03. The summed E-state index contributed by atoms with van der Waals surface area (Å²) in [6.45, 7) is 3.82. The molecule has 82 valence electrons. The maximum atomic E-state index is 6.16. The largest absolute Gasteiger partial charge is 0.456 e. The van der Waals surface area contributed by atoms with E-state index in [1.807, 2.05) is 18.2 Å². The van der Waals surface area contributed by atoms with E-state index in [0.29, 0.717) is 10.0 Å². The first-order valence-electron chi connectivity index (χ1n) is 4.93. The molecule has 15 heavy (non-hydrogen) atoms. The van der Waals surface area contributed by atoms with Gasteiger partial charge in [0.15, 0.2) is 0 Å². The summed E-state index contributed by atoms with van der Waals surface area (Å²) < 4.78 is 0. The van der Waals surface area contributed by atoms with Crippen molar-refractivity contribution in [3.8, 4) is 0 Å². The number of benzene rings is 1. The highest BCUT2D eigenvalue weighted by atomic mass is 35.5. The van der Waals surface area contributed by atoms with E-state index in [-0.39, 0.29) is 0 Å². The van der Waals surface area contributed by atoms with Crippen LogP contribution in [0.25, 0.3) is 0 Å². The zero-order valence-corrected chi connectivity index (χ0v) is 9.93. The number of rotatable bonds is 1. The fourth-order valence-electron chi connectivity index (χ4n) is 1.73. The van der Waals surface area contributed by atoms with Gasteiger partial charge in [0.2, 0.25) is 0 Å². The van der Waals surface area contributed by atoms with Crippen molar-refractivity contribution >= 4 is 28.9 Å². The average molecular weight is 244 g/mol. The molecule has 0 unspecified atom stereocenters. The summed E-state index contributed by atoms with van der Waals surface area (Å²) in [4.78, 5) is 4.31. The Balaban J connectivity index is 2.19. The average Bonchev–Trinajstić information content (AvgIpc) is 2.24. The fraction of sp³-hybridized carbons (Fsp3) is 0.364. The Bertz CT molecular complexity index is 346. The second kappa shape index (κ2) is 4.60. The highest BCUT2D eigenvalue weighted by Gasteiger charge is 2.15. The van der Waals surface area contributed by atoms with Crippen LogP contribution in [0.5, 0.6) is 0 Å². The topological polar surface area (TPSA) is 6.48 Å². The first-order chi connectivity index (χ1) is 7.18. The van der Waals surface area contributed by atoms with Crippen LogP contribution in [0.1, 0.15) is 0 Å². The second-order valence-corrected chi connectivity index (χ2v) is 4.46. The molecular formula is C11H13Cl2N2-. The van der Waals surface area contributed by atoms with Crippen molar-refractivity contribution in [2.75, 3.05) is 31.1 Å². The molecule has 1 aromatic carbocycles. The molecule has 0 saturated carbocycles. The van der Waals surface area contributed by atoms with Crippen LogP contribution < -0.4 is 4.90 Å². The van der Waals surface area contributed by atoms with Gasteiger partial charge >= 0.3 is 0 Å². The van der Waals surface area contributed by atoms with Crippen molar-refractivity contribution in [2.45, 2.75) is 0 Å². The normalized spacial score (nSPS) is 18.2. The predicted molar refractivity (Wildman–Crippen MR) is 65.6 cm³/mol. The van der Waals surface area contributed by atoms with Crippen molar-refractivity contribution < 1.29 is 0 Å². The molecule has 0 amide bonds. The third kappa shape index (κ3) is 2.39. The molecule has 0 spiro atoms. The van der Waals surface area contributed by atoms with Crippen molar-refractivity contribution in [3.05, 3.63) is 35.3 Å². The van der Waals surface area contributed by atoms with Gasteiger partial charge < -0.3 is 9.80 Å². The van der Waals surface area contributed by atoms with Crippen LogP contribution in [-0.4, -0.2) is 31.1 Å². The summed E-state index contributed by atoms with van der Waals surface area (Å²) in [5.74, 6) is 0. The molecule has 0 aliphatic carbocycles. The smallest absolute Gasteiger partial charge is 0.0825 e. The van der Waals surface area contributed by atoms with E-state index in [9.17, 15) is 0 Å². The van der Waals surface area contributed by atoms with Crippen molar-refractivity contribution in [1.29, 1.82) is 0 Å². The molecular weight excluding hydrogens is 231 g/mol. The van der Waals surface area contributed by atoms with Crippen LogP contribution in [0.3, 0.4) is 0 Å². The quantitative estimate of drug-likeness (QED) is 0.701. The predicted octanol–water partition coefficient (Wildman–Crippen LogP) is 2.91. The first-order valence-corrected chi connectivity index (χ1v) is 5.68. The second-order valence-electron chi connectivity index (χ2n) is 3.68. The SMILES string of the molecule is [CH2-]N1CCN(c2cccc(Cl)c2Cl)CC1. The molecule has 0 bridgehead atoms. The molecule has 0 atom stereocenters. The Morgan fingerprint density at radius 3 is 2.40 bits per heavy atom. The van der Waals surface area contributed by atoms with E-state index in [1.54, 1.807) is 0 Å². The number of hydrogen-bond donors (Lipinski definition) is 0. The van der Waals surface area contributed by atoms with E-state index in [0.717, 1.165) is 31.9 Å². The molecule has 1 fully saturated rings. The minimum atomic E-state index is 0.617. The zero-order valence-electron chi connectivity index (χ0n) is 8.42. The number of anilines is 1. The van der Waals surface area contributed by atoms with Crippen LogP contribution in [-0.2, 0) is 0 Å². The maximum absolute atomic E-state index is 6.16. The van der Waals surface area contributed by atoms with Gasteiger partial charge in [-0.1, -0.05) is 29.3 Å². The minimum absolute atomic E-state index is 0.617. The van der Waals surface area contributed by atoms with Gasteiger partial charge in [0.1, 0.15) is 0 Å². The number of halogens is 2. The number of piperazine rings is 1. The van der Waals surface area contributed by atoms with Crippen LogP contribution in [0.4, 0.5) is 5.69 Å². The van der Waals surface area contributed by atoms with Gasteiger partial charge in [-0.25, -0.2) is 0 Å². The summed E-state index contributed by atoms with van der Waals surface area (Å²) in [5, 5.41) is 1.27. The van der Waals surface area contributed by atoms with Crippen LogP contribution >= 0.6 is 23.2 Å². The highest BCUT2D eigenvalue weighted by molar-refractivity contribution is 6.43. The minimum Gasteiger partial charge on any atom is -0.456 e. The third-order valence-corrected chi connectivity index (χ3v) is 3.45. The Hall–Kier alpha value is -0.440. The summed E-state index contributed by atoms with van der Waals surface area (Å²) in [6.07, 6.45) is 0. The first kappa shape index (κ1) is 11.1. The maximum Gasteiger partial charge on any atom is 0.0825 e. The van der Waals surface area contributed by atoms with Gasteiger partial charge in [0, 0.05) is 13.1 Å². The number of hydrogen-bond acceptors (Lipinski definition) is 2. The number of nitrogens with zero attached hydrogens (tertiary/aromatic N) is 2. The Morgan fingerprint density at radius 1 is 1.07 bits per heavy atom. The Morgan fingerprint density at radius 2 is 1.73 bits per heavy atom. The molecule has 1 aromatic rings. The Kier molecular flexibility index (Phi) is 3.39. The zero-order chi connectivity index (χ0) is 10.8. The standard InChI is InChI=1S/C11H13Cl2N2/c1-14-5-7-15(8-6-14)10-4-2-3-9(12)11(10)13/h2-4H,1,5-8H2/q-1. The van der Waals surface area contributed by atoms with Gasteiger partial charge in [-0.15, -0.1) is 0 Å². The van der Waals surface area contributed by atoms with Crippen molar-refractivity contribution in [1.82, 2.24) is 4.90 Å². The summed E-state index contributed by atoms with van der Waals surface area (Å²) in [6, 6.07) is 5.75. The van der Waals surface area contributed by atoms with Gasteiger partial charge in [-0.3, -0.25) is 7.05 Å². The highest BCUT2D eigenvalue weighted by Crippen LogP contribution is 2.32. The van der Waals surface area contributed by atoms with E-state index in [2.05, 4.69) is 16.8 Å². The molecule has 0 N–H and O–H groups in total. The summed E-state index contributed by atoms with van der Waals surface area (Å²) >= 11 is 12.1. The molecule has 4 heteroatoms. The van der Waals surface area contributed by atoms with Crippen LogP contribution in [0.2, 0.25) is 10.0 Å². The van der Waals surface area contributed by atoms with Gasteiger partial charge in [0.25, 0.3) is 0 Å². The monoisotopic (exact) mass is 243 g/mol. The lowest BCUT2D eigenvalue weighted by atomic mass is 10.2. The Labute approximate surface area is 100 Å². The van der Waals surface area contributed by atoms with E-state index >= 15 is 0 Å². The molecule has 1 heterocycles. The van der Waals surface area contributed by atoms with Gasteiger partial charge in [0.05, 0.1) is 15.7 Å². The van der Waals surface area contributed by atoms with Crippen LogP contribution in [0, 0.1) is 7.05 Å².